The van der Waals surface area contributed by atoms with Crippen molar-refractivity contribution in [2.24, 2.45) is 5.92 Å². The van der Waals surface area contributed by atoms with Gasteiger partial charge in [-0.15, -0.1) is 0 Å². The predicted octanol–water partition coefficient (Wildman–Crippen LogP) is -1.03. The third-order valence-corrected chi connectivity index (χ3v) is 4.18. The lowest BCUT2D eigenvalue weighted by molar-refractivity contribution is -0.119. The monoisotopic (exact) mass is 341 g/mol. The van der Waals surface area contributed by atoms with E-state index in [1.165, 1.54) is 30.9 Å². The van der Waals surface area contributed by atoms with Crippen molar-refractivity contribution >= 4 is 5.91 Å². The Morgan fingerprint density at radius 2 is 2.25 bits per heavy atom. The second-order valence-corrected chi connectivity index (χ2v) is 5.95. The van der Waals surface area contributed by atoms with Gasteiger partial charge in [-0.25, -0.2) is 4.79 Å². The fourth-order valence-corrected chi connectivity index (χ4v) is 2.89. The molecule has 1 aliphatic heterocycles. The van der Waals surface area contributed by atoms with Crippen LogP contribution in [0.25, 0.3) is 0 Å². The van der Waals surface area contributed by atoms with E-state index in [4.69, 9.17) is 9.47 Å². The number of aliphatic hydroxyl groups is 1. The van der Waals surface area contributed by atoms with Gasteiger partial charge in [0, 0.05) is 32.8 Å². The van der Waals surface area contributed by atoms with Crippen molar-refractivity contribution in [3.05, 3.63) is 33.1 Å². The Morgan fingerprint density at radius 3 is 2.83 bits per heavy atom. The number of H-pyrrole nitrogens is 1. The summed E-state index contributed by atoms with van der Waals surface area (Å²) in [6, 6.07) is 1.21. The van der Waals surface area contributed by atoms with Gasteiger partial charge in [0.2, 0.25) is 5.91 Å². The summed E-state index contributed by atoms with van der Waals surface area (Å²) in [6.45, 7) is 3.79. The van der Waals surface area contributed by atoms with E-state index in [1.807, 2.05) is 6.92 Å². The van der Waals surface area contributed by atoms with Crippen LogP contribution >= 0.6 is 0 Å². The standard InChI is InChI=1S/C15H23N3O6/c1-8(4-6-16-9(2)19)12-11(21)13(23-3)14(24-12)18-7-5-10(20)17-15(18)22/h5,7-8,11-14,21H,4,6H2,1-3H3,(H,16,19)(H,17,20,22)/t8-,11-,12+,13?,14+/m0/s1. The molecule has 0 bridgehead atoms. The average Bonchev–Trinajstić information content (AvgIpc) is 2.83. The van der Waals surface area contributed by atoms with Gasteiger partial charge in [0.05, 0.1) is 6.10 Å². The summed E-state index contributed by atoms with van der Waals surface area (Å²) >= 11 is 0. The lowest BCUT2D eigenvalue weighted by Crippen LogP contribution is -2.39. The number of aliphatic hydroxyl groups excluding tert-OH is 1. The van der Waals surface area contributed by atoms with Crippen LogP contribution in [0.15, 0.2) is 21.9 Å². The van der Waals surface area contributed by atoms with Gasteiger partial charge in [-0.1, -0.05) is 6.92 Å². The molecule has 1 fully saturated rings. The summed E-state index contributed by atoms with van der Waals surface area (Å²) in [5.41, 5.74) is -1.14. The molecule has 9 nitrogen and oxygen atoms in total. The van der Waals surface area contributed by atoms with Crippen molar-refractivity contribution in [1.82, 2.24) is 14.9 Å². The molecular formula is C15H23N3O6. The summed E-state index contributed by atoms with van der Waals surface area (Å²) in [6.07, 6.45) is -1.18. The molecule has 0 spiro atoms. The van der Waals surface area contributed by atoms with E-state index >= 15 is 0 Å². The van der Waals surface area contributed by atoms with Gasteiger partial charge in [0.15, 0.2) is 6.23 Å². The number of aromatic nitrogens is 2. The summed E-state index contributed by atoms with van der Waals surface area (Å²) in [5, 5.41) is 13.2. The zero-order chi connectivity index (χ0) is 17.9. The SMILES string of the molecule is COC1[C@@H](O)[C@@H]([C@@H](C)CCNC(C)=O)O[C@H]1n1ccc(=O)[nH]c1=O. The number of ether oxygens (including phenoxy) is 2. The van der Waals surface area contributed by atoms with E-state index in [-0.39, 0.29) is 11.8 Å². The van der Waals surface area contributed by atoms with Crippen LogP contribution in [-0.2, 0) is 14.3 Å². The zero-order valence-electron chi connectivity index (χ0n) is 13.9. The first kappa shape index (κ1) is 18.4. The zero-order valence-corrected chi connectivity index (χ0v) is 13.9. The maximum atomic E-state index is 12.0. The van der Waals surface area contributed by atoms with Crippen molar-refractivity contribution in [2.45, 2.75) is 44.8 Å². The van der Waals surface area contributed by atoms with Crippen molar-refractivity contribution < 1.29 is 19.4 Å². The van der Waals surface area contributed by atoms with Crippen LogP contribution in [0.3, 0.4) is 0 Å². The smallest absolute Gasteiger partial charge is 0.330 e. The fraction of sp³-hybridized carbons (Fsp3) is 0.667. The highest BCUT2D eigenvalue weighted by Gasteiger charge is 2.47. The Morgan fingerprint density at radius 1 is 1.54 bits per heavy atom. The van der Waals surface area contributed by atoms with Crippen LogP contribution in [0.2, 0.25) is 0 Å². The molecule has 1 saturated heterocycles. The number of amides is 1. The predicted molar refractivity (Wildman–Crippen MR) is 84.5 cm³/mol. The molecule has 3 N–H and O–H groups in total. The molecule has 0 radical (unpaired) electrons. The molecule has 5 atom stereocenters. The first-order chi connectivity index (χ1) is 11.3. The molecule has 0 saturated carbocycles. The van der Waals surface area contributed by atoms with E-state index in [2.05, 4.69) is 10.3 Å². The third kappa shape index (κ3) is 3.92. The van der Waals surface area contributed by atoms with Crippen LogP contribution in [0.1, 0.15) is 26.5 Å². The lowest BCUT2D eigenvalue weighted by atomic mass is 9.95. The minimum absolute atomic E-state index is 0.0760. The van der Waals surface area contributed by atoms with E-state index in [0.717, 1.165) is 0 Å². The number of methoxy groups -OCH3 is 1. The molecule has 1 aromatic heterocycles. The molecule has 1 aliphatic rings. The molecule has 1 aromatic rings. The van der Waals surface area contributed by atoms with Crippen LogP contribution in [0.5, 0.6) is 0 Å². The van der Waals surface area contributed by atoms with Crippen molar-refractivity contribution in [2.75, 3.05) is 13.7 Å². The van der Waals surface area contributed by atoms with Gasteiger partial charge in [-0.2, -0.15) is 0 Å². The molecule has 2 rings (SSSR count). The van der Waals surface area contributed by atoms with Crippen molar-refractivity contribution in [1.29, 1.82) is 0 Å². The summed E-state index contributed by atoms with van der Waals surface area (Å²) in [4.78, 5) is 36.2. The van der Waals surface area contributed by atoms with E-state index in [1.54, 1.807) is 0 Å². The Kier molecular flexibility index (Phi) is 5.92. The topological polar surface area (TPSA) is 123 Å². The Balaban J connectivity index is 2.15. The van der Waals surface area contributed by atoms with Gasteiger partial charge in [0.1, 0.15) is 12.2 Å². The quantitative estimate of drug-likeness (QED) is 0.608. The highest BCUT2D eigenvalue weighted by molar-refractivity contribution is 5.72. The summed E-state index contributed by atoms with van der Waals surface area (Å²) in [7, 11) is 1.42. The second-order valence-electron chi connectivity index (χ2n) is 5.95. The molecular weight excluding hydrogens is 318 g/mol. The summed E-state index contributed by atoms with van der Waals surface area (Å²) < 4.78 is 12.4. The maximum Gasteiger partial charge on any atom is 0.330 e. The number of aromatic amines is 1. The van der Waals surface area contributed by atoms with Gasteiger partial charge in [-0.3, -0.25) is 19.1 Å². The van der Waals surface area contributed by atoms with Gasteiger partial charge in [0.25, 0.3) is 5.56 Å². The van der Waals surface area contributed by atoms with E-state index in [0.29, 0.717) is 13.0 Å². The van der Waals surface area contributed by atoms with Crippen LogP contribution in [0.4, 0.5) is 0 Å². The molecule has 1 unspecified atom stereocenters. The number of carbonyl (C=O) groups is 1. The Hall–Kier alpha value is -1.97. The van der Waals surface area contributed by atoms with Crippen molar-refractivity contribution in [3.8, 4) is 0 Å². The van der Waals surface area contributed by atoms with E-state index in [9.17, 15) is 19.5 Å². The maximum absolute atomic E-state index is 12.0. The van der Waals surface area contributed by atoms with Crippen LogP contribution < -0.4 is 16.6 Å². The minimum atomic E-state index is -0.939. The average molecular weight is 341 g/mol. The van der Waals surface area contributed by atoms with Crippen LogP contribution in [-0.4, -0.2) is 52.5 Å². The van der Waals surface area contributed by atoms with Gasteiger partial charge < -0.3 is 19.9 Å². The number of carbonyl (C=O) groups excluding carboxylic acids is 1. The Labute approximate surface area is 138 Å². The Bertz CT molecular complexity index is 684. The van der Waals surface area contributed by atoms with Gasteiger partial charge in [-0.05, 0) is 12.3 Å². The third-order valence-electron chi connectivity index (χ3n) is 4.18. The molecule has 2 heterocycles. The molecule has 24 heavy (non-hydrogen) atoms. The highest BCUT2D eigenvalue weighted by Crippen LogP contribution is 2.34. The largest absolute Gasteiger partial charge is 0.387 e. The molecule has 0 aliphatic carbocycles. The molecule has 1 amide bonds. The van der Waals surface area contributed by atoms with Crippen LogP contribution in [0, 0.1) is 5.92 Å². The fourth-order valence-electron chi connectivity index (χ4n) is 2.89. The molecule has 9 heteroatoms. The molecule has 0 aromatic carbocycles. The minimum Gasteiger partial charge on any atom is -0.387 e. The number of rotatable bonds is 6. The van der Waals surface area contributed by atoms with E-state index < -0.39 is 35.8 Å². The number of nitrogens with one attached hydrogen (secondary N) is 2. The lowest BCUT2D eigenvalue weighted by Gasteiger charge is -2.22. The first-order valence-corrected chi connectivity index (χ1v) is 7.77. The first-order valence-electron chi connectivity index (χ1n) is 7.77. The number of nitrogens with zero attached hydrogens (tertiary/aromatic N) is 1. The van der Waals surface area contributed by atoms with Gasteiger partial charge >= 0.3 is 5.69 Å². The number of hydrogen-bond donors (Lipinski definition) is 3. The highest BCUT2D eigenvalue weighted by atomic mass is 16.6. The summed E-state index contributed by atoms with van der Waals surface area (Å²) in [5.74, 6) is -0.199. The normalized spacial score (nSPS) is 27.8. The number of hydrogen-bond acceptors (Lipinski definition) is 6. The molecule has 134 valence electrons. The van der Waals surface area contributed by atoms with Crippen molar-refractivity contribution in [3.63, 3.8) is 0 Å². The second kappa shape index (κ2) is 7.73.